The van der Waals surface area contributed by atoms with Gasteiger partial charge in [0.05, 0.1) is 6.04 Å². The molecule has 0 spiro atoms. The zero-order valence-electron chi connectivity index (χ0n) is 12.3. The van der Waals surface area contributed by atoms with E-state index in [4.69, 9.17) is 5.84 Å². The normalized spacial score (nSPS) is 40.0. The van der Waals surface area contributed by atoms with E-state index >= 15 is 0 Å². The van der Waals surface area contributed by atoms with Gasteiger partial charge in [-0.3, -0.25) is 16.3 Å². The lowest BCUT2D eigenvalue weighted by atomic mass is 9.47. The Morgan fingerprint density at radius 1 is 1.15 bits per heavy atom. The Hall–Kier alpha value is -0.930. The molecule has 4 bridgehead atoms. The van der Waals surface area contributed by atoms with Crippen molar-refractivity contribution >= 4 is 0 Å². The summed E-state index contributed by atoms with van der Waals surface area (Å²) in [7, 11) is 0. The highest BCUT2D eigenvalue weighted by Gasteiger charge is 2.54. The maximum Gasteiger partial charge on any atom is 0.0531 e. The van der Waals surface area contributed by atoms with Gasteiger partial charge in [0.2, 0.25) is 0 Å². The number of rotatable bonds is 3. The number of aryl methyl sites for hydroxylation is 1. The third-order valence-corrected chi connectivity index (χ3v) is 6.09. The summed E-state index contributed by atoms with van der Waals surface area (Å²) in [6.45, 7) is 2.11. The summed E-state index contributed by atoms with van der Waals surface area (Å²) in [6.07, 6.45) is 12.5. The average molecular weight is 271 g/mol. The van der Waals surface area contributed by atoms with Crippen LogP contribution in [0.3, 0.4) is 0 Å². The zero-order valence-corrected chi connectivity index (χ0v) is 12.3. The number of hydrazine groups is 1. The average Bonchev–Trinajstić information content (AvgIpc) is 2.37. The second kappa shape index (κ2) is 4.54. The van der Waals surface area contributed by atoms with Crippen molar-refractivity contribution in [2.75, 3.05) is 0 Å². The number of aromatic nitrogens is 1. The number of hydrogen-bond acceptors (Lipinski definition) is 3. The van der Waals surface area contributed by atoms with Crippen molar-refractivity contribution in [1.29, 1.82) is 0 Å². The van der Waals surface area contributed by atoms with Crippen LogP contribution >= 0.6 is 0 Å². The van der Waals surface area contributed by atoms with Crippen LogP contribution in [0.2, 0.25) is 0 Å². The molecule has 0 aromatic carbocycles. The van der Waals surface area contributed by atoms with Gasteiger partial charge in [-0.1, -0.05) is 6.07 Å². The molecule has 1 heterocycles. The molecule has 4 aliphatic rings. The van der Waals surface area contributed by atoms with Crippen LogP contribution in [0.5, 0.6) is 0 Å². The van der Waals surface area contributed by atoms with Gasteiger partial charge >= 0.3 is 0 Å². The van der Waals surface area contributed by atoms with E-state index in [9.17, 15) is 0 Å². The third-order valence-electron chi connectivity index (χ3n) is 6.09. The standard InChI is InChI=1S/C17H25N3/c1-11-2-15(10-19-9-11)16(20-18)17-6-12-3-13(7-17)5-14(4-12)8-17/h2,9-10,12-14,16,20H,3-8,18H2,1H3. The van der Waals surface area contributed by atoms with E-state index in [0.29, 0.717) is 5.41 Å². The molecule has 0 aliphatic heterocycles. The monoisotopic (exact) mass is 271 g/mol. The van der Waals surface area contributed by atoms with E-state index in [1.165, 1.54) is 49.7 Å². The minimum Gasteiger partial charge on any atom is -0.271 e. The van der Waals surface area contributed by atoms with Crippen LogP contribution in [0.15, 0.2) is 18.5 Å². The minimum absolute atomic E-state index is 0.281. The molecule has 1 aromatic heterocycles. The van der Waals surface area contributed by atoms with E-state index in [1.54, 1.807) is 0 Å². The van der Waals surface area contributed by atoms with E-state index in [1.807, 2.05) is 12.4 Å². The Morgan fingerprint density at radius 2 is 1.75 bits per heavy atom. The Kier molecular flexibility index (Phi) is 2.90. The van der Waals surface area contributed by atoms with E-state index in [-0.39, 0.29) is 6.04 Å². The van der Waals surface area contributed by atoms with Crippen molar-refractivity contribution in [2.24, 2.45) is 29.0 Å². The van der Waals surface area contributed by atoms with Gasteiger partial charge < -0.3 is 0 Å². The molecular weight excluding hydrogens is 246 g/mol. The lowest BCUT2D eigenvalue weighted by molar-refractivity contribution is -0.0750. The molecule has 3 heteroatoms. The second-order valence-electron chi connectivity index (χ2n) is 7.68. The van der Waals surface area contributed by atoms with Gasteiger partial charge in [0, 0.05) is 12.4 Å². The van der Waals surface area contributed by atoms with Crippen molar-refractivity contribution in [3.8, 4) is 0 Å². The zero-order chi connectivity index (χ0) is 13.7. The van der Waals surface area contributed by atoms with Crippen LogP contribution in [0.1, 0.15) is 55.7 Å². The van der Waals surface area contributed by atoms with Crippen LogP contribution in [0.25, 0.3) is 0 Å². The molecule has 3 N–H and O–H groups in total. The first kappa shape index (κ1) is 12.8. The second-order valence-corrected chi connectivity index (χ2v) is 7.68. The Balaban J connectivity index is 1.70. The highest BCUT2D eigenvalue weighted by Crippen LogP contribution is 2.63. The van der Waals surface area contributed by atoms with Crippen LogP contribution in [-0.4, -0.2) is 4.98 Å². The Morgan fingerprint density at radius 3 is 2.25 bits per heavy atom. The summed E-state index contributed by atoms with van der Waals surface area (Å²) < 4.78 is 0. The summed E-state index contributed by atoms with van der Waals surface area (Å²) in [5, 5.41) is 0. The minimum atomic E-state index is 0.281. The van der Waals surface area contributed by atoms with Gasteiger partial charge in [0.25, 0.3) is 0 Å². The molecule has 4 fully saturated rings. The fraction of sp³-hybridized carbons (Fsp3) is 0.706. The van der Waals surface area contributed by atoms with Crippen LogP contribution in [-0.2, 0) is 0 Å². The molecule has 1 aromatic rings. The molecular formula is C17H25N3. The van der Waals surface area contributed by atoms with E-state index in [2.05, 4.69) is 23.4 Å². The molecule has 1 atom stereocenters. The summed E-state index contributed by atoms with van der Waals surface area (Å²) in [5.41, 5.74) is 6.07. The number of nitrogens with two attached hydrogens (primary N) is 1. The quantitative estimate of drug-likeness (QED) is 0.656. The number of pyridine rings is 1. The Labute approximate surface area is 121 Å². The van der Waals surface area contributed by atoms with Crippen LogP contribution in [0, 0.1) is 30.1 Å². The fourth-order valence-corrected chi connectivity index (χ4v) is 5.89. The molecule has 20 heavy (non-hydrogen) atoms. The highest BCUT2D eigenvalue weighted by molar-refractivity contribution is 5.24. The highest BCUT2D eigenvalue weighted by atomic mass is 15.2. The predicted molar refractivity (Wildman–Crippen MR) is 79.6 cm³/mol. The van der Waals surface area contributed by atoms with Crippen molar-refractivity contribution in [1.82, 2.24) is 10.4 Å². The first-order valence-corrected chi connectivity index (χ1v) is 8.06. The van der Waals surface area contributed by atoms with Crippen molar-refractivity contribution in [3.63, 3.8) is 0 Å². The molecule has 0 radical (unpaired) electrons. The number of nitrogens with zero attached hydrogens (tertiary/aromatic N) is 1. The maximum absolute atomic E-state index is 6.00. The number of hydrogen-bond donors (Lipinski definition) is 2. The topological polar surface area (TPSA) is 50.9 Å². The van der Waals surface area contributed by atoms with Crippen LogP contribution in [0.4, 0.5) is 0 Å². The molecule has 4 saturated carbocycles. The molecule has 1 unspecified atom stereocenters. The lowest BCUT2D eigenvalue weighted by Crippen LogP contribution is -2.53. The lowest BCUT2D eigenvalue weighted by Gasteiger charge is -2.59. The maximum atomic E-state index is 6.00. The van der Waals surface area contributed by atoms with E-state index in [0.717, 1.165) is 17.8 Å². The molecule has 5 rings (SSSR count). The first-order chi connectivity index (χ1) is 9.68. The molecule has 3 nitrogen and oxygen atoms in total. The van der Waals surface area contributed by atoms with Crippen LogP contribution < -0.4 is 11.3 Å². The summed E-state index contributed by atoms with van der Waals surface area (Å²) in [6, 6.07) is 2.54. The molecule has 108 valence electrons. The van der Waals surface area contributed by atoms with Crippen molar-refractivity contribution in [3.05, 3.63) is 29.6 Å². The molecule has 0 amide bonds. The smallest absolute Gasteiger partial charge is 0.0531 e. The van der Waals surface area contributed by atoms with Crippen molar-refractivity contribution in [2.45, 2.75) is 51.5 Å². The van der Waals surface area contributed by atoms with Gasteiger partial charge in [-0.25, -0.2) is 0 Å². The first-order valence-electron chi connectivity index (χ1n) is 8.06. The summed E-state index contributed by atoms with van der Waals surface area (Å²) in [4.78, 5) is 4.39. The summed E-state index contributed by atoms with van der Waals surface area (Å²) >= 11 is 0. The fourth-order valence-electron chi connectivity index (χ4n) is 5.89. The van der Waals surface area contributed by atoms with Gasteiger partial charge in [0.15, 0.2) is 0 Å². The molecule has 0 saturated heterocycles. The largest absolute Gasteiger partial charge is 0.271 e. The van der Waals surface area contributed by atoms with Crippen molar-refractivity contribution < 1.29 is 0 Å². The summed E-state index contributed by atoms with van der Waals surface area (Å²) in [5.74, 6) is 8.86. The van der Waals surface area contributed by atoms with E-state index < -0.39 is 0 Å². The number of nitrogens with one attached hydrogen (secondary N) is 1. The Bertz CT molecular complexity index is 475. The predicted octanol–water partition coefficient (Wildman–Crippen LogP) is 3.11. The van der Waals surface area contributed by atoms with Gasteiger partial charge in [-0.15, -0.1) is 0 Å². The third kappa shape index (κ3) is 1.91. The van der Waals surface area contributed by atoms with Gasteiger partial charge in [0.1, 0.15) is 0 Å². The molecule has 4 aliphatic carbocycles. The van der Waals surface area contributed by atoms with Gasteiger partial charge in [-0.05, 0) is 79.7 Å². The van der Waals surface area contributed by atoms with Gasteiger partial charge in [-0.2, -0.15) is 0 Å². The SMILES string of the molecule is Cc1cncc(C(NN)C23CC4CC(CC(C4)C2)C3)c1.